The SMILES string of the molecule is CCCCOCC(O)C(C)CC. The maximum atomic E-state index is 9.49. The third-order valence-corrected chi connectivity index (χ3v) is 2.23. The van der Waals surface area contributed by atoms with E-state index in [-0.39, 0.29) is 6.10 Å². The summed E-state index contributed by atoms with van der Waals surface area (Å²) >= 11 is 0. The predicted molar refractivity (Wildman–Crippen MR) is 51.2 cm³/mol. The van der Waals surface area contributed by atoms with Crippen molar-refractivity contribution in [1.29, 1.82) is 0 Å². The molecule has 0 bridgehead atoms. The van der Waals surface area contributed by atoms with Gasteiger partial charge in [0.1, 0.15) is 0 Å². The van der Waals surface area contributed by atoms with E-state index in [9.17, 15) is 5.11 Å². The molecule has 1 N–H and O–H groups in total. The van der Waals surface area contributed by atoms with E-state index in [1.807, 2.05) is 6.92 Å². The third kappa shape index (κ3) is 5.56. The fourth-order valence-electron chi connectivity index (χ4n) is 0.887. The van der Waals surface area contributed by atoms with E-state index in [4.69, 9.17) is 4.74 Å². The van der Waals surface area contributed by atoms with Gasteiger partial charge in [0.25, 0.3) is 0 Å². The summed E-state index contributed by atoms with van der Waals surface area (Å²) in [6.07, 6.45) is 2.97. The van der Waals surface area contributed by atoms with Gasteiger partial charge in [-0.15, -0.1) is 0 Å². The van der Waals surface area contributed by atoms with Crippen LogP contribution in [0.5, 0.6) is 0 Å². The molecule has 0 aliphatic rings. The fourth-order valence-corrected chi connectivity index (χ4v) is 0.887. The molecule has 0 aliphatic carbocycles. The zero-order chi connectivity index (χ0) is 9.40. The van der Waals surface area contributed by atoms with Crippen molar-refractivity contribution < 1.29 is 9.84 Å². The van der Waals surface area contributed by atoms with E-state index in [1.54, 1.807) is 0 Å². The van der Waals surface area contributed by atoms with Crippen LogP contribution in [0.25, 0.3) is 0 Å². The first-order valence-electron chi connectivity index (χ1n) is 4.98. The van der Waals surface area contributed by atoms with Gasteiger partial charge in [0, 0.05) is 6.61 Å². The Morgan fingerprint density at radius 1 is 1.33 bits per heavy atom. The van der Waals surface area contributed by atoms with Crippen molar-refractivity contribution >= 4 is 0 Å². The van der Waals surface area contributed by atoms with Crippen LogP contribution in [0.4, 0.5) is 0 Å². The van der Waals surface area contributed by atoms with Crippen LogP contribution >= 0.6 is 0 Å². The van der Waals surface area contributed by atoms with E-state index in [0.717, 1.165) is 25.9 Å². The second-order valence-corrected chi connectivity index (χ2v) is 3.38. The second-order valence-electron chi connectivity index (χ2n) is 3.38. The van der Waals surface area contributed by atoms with Gasteiger partial charge in [-0.05, 0) is 12.3 Å². The molecule has 0 spiro atoms. The van der Waals surface area contributed by atoms with Crippen LogP contribution in [0, 0.1) is 5.92 Å². The smallest absolute Gasteiger partial charge is 0.0799 e. The lowest BCUT2D eigenvalue weighted by molar-refractivity contribution is 0.00735. The average Bonchev–Trinajstić information content (AvgIpc) is 2.10. The van der Waals surface area contributed by atoms with E-state index in [0.29, 0.717) is 12.5 Å². The number of aliphatic hydroxyl groups excluding tert-OH is 1. The van der Waals surface area contributed by atoms with Gasteiger partial charge in [-0.25, -0.2) is 0 Å². The number of hydrogen-bond donors (Lipinski definition) is 1. The minimum absolute atomic E-state index is 0.285. The number of unbranched alkanes of at least 4 members (excludes halogenated alkanes) is 1. The van der Waals surface area contributed by atoms with Gasteiger partial charge in [0.05, 0.1) is 12.7 Å². The Labute approximate surface area is 75.9 Å². The van der Waals surface area contributed by atoms with E-state index >= 15 is 0 Å². The van der Waals surface area contributed by atoms with Crippen LogP contribution < -0.4 is 0 Å². The highest BCUT2D eigenvalue weighted by Crippen LogP contribution is 2.07. The van der Waals surface area contributed by atoms with Crippen LogP contribution in [-0.2, 0) is 4.74 Å². The van der Waals surface area contributed by atoms with Crippen LogP contribution in [0.15, 0.2) is 0 Å². The number of hydrogen-bond acceptors (Lipinski definition) is 2. The van der Waals surface area contributed by atoms with Gasteiger partial charge >= 0.3 is 0 Å². The molecule has 0 amide bonds. The Hall–Kier alpha value is -0.0800. The minimum atomic E-state index is -0.285. The quantitative estimate of drug-likeness (QED) is 0.600. The molecule has 2 atom stereocenters. The van der Waals surface area contributed by atoms with Crippen molar-refractivity contribution in [3.63, 3.8) is 0 Å². The molecule has 0 fully saturated rings. The zero-order valence-electron chi connectivity index (χ0n) is 8.55. The number of ether oxygens (including phenoxy) is 1. The van der Waals surface area contributed by atoms with Crippen molar-refractivity contribution in [3.8, 4) is 0 Å². The number of rotatable bonds is 7. The Balaban J connectivity index is 3.24. The first kappa shape index (κ1) is 11.9. The van der Waals surface area contributed by atoms with Gasteiger partial charge in [-0.2, -0.15) is 0 Å². The molecule has 0 aromatic heterocycles. The molecule has 2 heteroatoms. The normalized spacial score (nSPS) is 16.0. The molecule has 12 heavy (non-hydrogen) atoms. The summed E-state index contributed by atoms with van der Waals surface area (Å²) in [5, 5.41) is 9.49. The van der Waals surface area contributed by atoms with E-state index in [1.165, 1.54) is 0 Å². The van der Waals surface area contributed by atoms with Gasteiger partial charge in [0.2, 0.25) is 0 Å². The Morgan fingerprint density at radius 3 is 2.50 bits per heavy atom. The lowest BCUT2D eigenvalue weighted by Gasteiger charge is -2.16. The Bertz CT molecular complexity index is 93.8. The van der Waals surface area contributed by atoms with Crippen molar-refractivity contribution in [2.45, 2.75) is 46.1 Å². The molecular formula is C10H22O2. The predicted octanol–water partition coefficient (Wildman–Crippen LogP) is 2.21. The molecule has 74 valence electrons. The maximum absolute atomic E-state index is 9.49. The highest BCUT2D eigenvalue weighted by atomic mass is 16.5. The summed E-state index contributed by atoms with van der Waals surface area (Å²) in [5.41, 5.74) is 0. The van der Waals surface area contributed by atoms with Gasteiger partial charge in [-0.3, -0.25) is 0 Å². The molecule has 0 saturated carbocycles. The molecule has 0 heterocycles. The van der Waals surface area contributed by atoms with Gasteiger partial charge in [0.15, 0.2) is 0 Å². The van der Waals surface area contributed by atoms with E-state index in [2.05, 4.69) is 13.8 Å². The molecule has 0 aromatic rings. The second kappa shape index (κ2) is 7.56. The van der Waals surface area contributed by atoms with Crippen molar-refractivity contribution in [3.05, 3.63) is 0 Å². The third-order valence-electron chi connectivity index (χ3n) is 2.23. The number of aliphatic hydroxyl groups is 1. The summed E-state index contributed by atoms with van der Waals surface area (Å²) in [6, 6.07) is 0. The first-order chi connectivity index (χ1) is 5.72. The summed E-state index contributed by atoms with van der Waals surface area (Å²) in [5.74, 6) is 0.353. The van der Waals surface area contributed by atoms with E-state index < -0.39 is 0 Å². The molecule has 0 radical (unpaired) electrons. The first-order valence-corrected chi connectivity index (χ1v) is 4.98. The highest BCUT2D eigenvalue weighted by molar-refractivity contribution is 4.61. The summed E-state index contributed by atoms with van der Waals surface area (Å²) in [4.78, 5) is 0. The Morgan fingerprint density at radius 2 is 2.00 bits per heavy atom. The lowest BCUT2D eigenvalue weighted by atomic mass is 10.0. The fraction of sp³-hybridized carbons (Fsp3) is 1.00. The summed E-state index contributed by atoms with van der Waals surface area (Å²) in [6.45, 7) is 7.54. The molecule has 0 aromatic carbocycles. The highest BCUT2D eigenvalue weighted by Gasteiger charge is 2.11. The van der Waals surface area contributed by atoms with Crippen molar-refractivity contribution in [1.82, 2.24) is 0 Å². The molecule has 0 saturated heterocycles. The van der Waals surface area contributed by atoms with Crippen LogP contribution in [0.3, 0.4) is 0 Å². The topological polar surface area (TPSA) is 29.5 Å². The summed E-state index contributed by atoms with van der Waals surface area (Å²) in [7, 11) is 0. The van der Waals surface area contributed by atoms with Crippen molar-refractivity contribution in [2.24, 2.45) is 5.92 Å². The van der Waals surface area contributed by atoms with Crippen LogP contribution in [-0.4, -0.2) is 24.4 Å². The Kier molecular flexibility index (Phi) is 7.51. The largest absolute Gasteiger partial charge is 0.390 e. The minimum Gasteiger partial charge on any atom is -0.390 e. The van der Waals surface area contributed by atoms with Crippen molar-refractivity contribution in [2.75, 3.05) is 13.2 Å². The monoisotopic (exact) mass is 174 g/mol. The summed E-state index contributed by atoms with van der Waals surface area (Å²) < 4.78 is 5.31. The van der Waals surface area contributed by atoms with Gasteiger partial charge < -0.3 is 9.84 Å². The molecule has 2 nitrogen and oxygen atoms in total. The lowest BCUT2D eigenvalue weighted by Crippen LogP contribution is -2.23. The molecule has 2 unspecified atom stereocenters. The standard InChI is InChI=1S/C10H22O2/c1-4-6-7-12-8-10(11)9(3)5-2/h9-11H,4-8H2,1-3H3. The van der Waals surface area contributed by atoms with Crippen LogP contribution in [0.2, 0.25) is 0 Å². The molecule has 0 rings (SSSR count). The van der Waals surface area contributed by atoms with Crippen LogP contribution in [0.1, 0.15) is 40.0 Å². The molecular weight excluding hydrogens is 152 g/mol. The molecule has 0 aliphatic heterocycles. The maximum Gasteiger partial charge on any atom is 0.0799 e. The average molecular weight is 174 g/mol. The van der Waals surface area contributed by atoms with Gasteiger partial charge in [-0.1, -0.05) is 33.6 Å². The zero-order valence-corrected chi connectivity index (χ0v) is 8.55.